The van der Waals surface area contributed by atoms with Gasteiger partial charge in [-0.25, -0.2) is 0 Å². The van der Waals surface area contributed by atoms with Crippen LogP contribution in [0.1, 0.15) is 52.2 Å². The molecule has 0 atom stereocenters. The highest BCUT2D eigenvalue weighted by molar-refractivity contribution is 5.69. The molecule has 140 valence electrons. The van der Waals surface area contributed by atoms with Crippen LogP contribution in [0.15, 0.2) is 79.1 Å². The Hall–Kier alpha value is -2.32. The molecule has 0 fully saturated rings. The Morgan fingerprint density at radius 1 is 1.12 bits per heavy atom. The zero-order valence-electron chi connectivity index (χ0n) is 17.1. The third-order valence-corrected chi connectivity index (χ3v) is 3.17. The van der Waals surface area contributed by atoms with Crippen molar-refractivity contribution >= 4 is 5.57 Å². The molecule has 0 saturated carbocycles. The molecule has 0 radical (unpaired) electrons. The van der Waals surface area contributed by atoms with Gasteiger partial charge in [-0.15, -0.1) is 0 Å². The summed E-state index contributed by atoms with van der Waals surface area (Å²) in [6.45, 7) is 19.5. The Bertz CT molecular complexity index is 558. The third kappa shape index (κ3) is 13.8. The summed E-state index contributed by atoms with van der Waals surface area (Å²) in [7, 11) is 0. The van der Waals surface area contributed by atoms with Crippen molar-refractivity contribution in [2.24, 2.45) is 5.73 Å². The Morgan fingerprint density at radius 2 is 1.64 bits per heavy atom. The van der Waals surface area contributed by atoms with Crippen LogP contribution in [-0.2, 0) is 0 Å². The van der Waals surface area contributed by atoms with Gasteiger partial charge in [0.2, 0.25) is 0 Å². The zero-order valence-corrected chi connectivity index (χ0v) is 17.1. The molecule has 2 nitrogen and oxygen atoms in total. The molecule has 0 aliphatic rings. The second-order valence-electron chi connectivity index (χ2n) is 5.04. The number of aryl methyl sites for hydroxylation is 1. The predicted molar refractivity (Wildman–Crippen MR) is 118 cm³/mol. The number of benzene rings is 1. The molecule has 0 amide bonds. The maximum absolute atomic E-state index is 5.55. The fourth-order valence-corrected chi connectivity index (χ4v) is 1.84. The molecular weight excluding hydrogens is 304 g/mol. The minimum Gasteiger partial charge on any atom is -0.399 e. The average Bonchev–Trinajstić information content (AvgIpc) is 2.58. The highest BCUT2D eigenvalue weighted by Crippen LogP contribution is 2.21. The smallest absolute Gasteiger partial charge is 0.0241 e. The number of allylic oxidation sites excluding steroid dienone is 7. The topological polar surface area (TPSA) is 61.0 Å². The van der Waals surface area contributed by atoms with Gasteiger partial charge in [0.25, 0.3) is 0 Å². The minimum absolute atomic E-state index is 0. The SMILES string of the molecule is C=C(N)/C=C\C(CC)=C(/C)c1ccc(C)cc1.C=C/C=C\C.CC.N. The summed E-state index contributed by atoms with van der Waals surface area (Å²) in [6.07, 6.45) is 10.5. The van der Waals surface area contributed by atoms with Crippen molar-refractivity contribution in [2.75, 3.05) is 0 Å². The predicted octanol–water partition coefficient (Wildman–Crippen LogP) is 7.14. The fraction of sp³-hybridized carbons (Fsp3) is 0.304. The van der Waals surface area contributed by atoms with Gasteiger partial charge in [0, 0.05) is 5.70 Å². The standard InChI is InChI=1S/C16H21N.C5H8.C2H6.H3N/c1-5-15(11-8-13(3)17)14(4)16-9-6-12(2)7-10-16;1-3-5-4-2;1-2;/h6-11H,3,5,17H2,1-2,4H3;3-5H,1H2,2H3;1-2H3;1H3/b11-8-,15-14+;5-4-;;. The molecule has 0 unspecified atom stereocenters. The fourth-order valence-electron chi connectivity index (χ4n) is 1.84. The number of hydrogen-bond acceptors (Lipinski definition) is 2. The van der Waals surface area contributed by atoms with Crippen LogP contribution in [0.4, 0.5) is 0 Å². The minimum atomic E-state index is 0. The lowest BCUT2D eigenvalue weighted by Gasteiger charge is -2.07. The lowest BCUT2D eigenvalue weighted by Crippen LogP contribution is -1.90. The summed E-state index contributed by atoms with van der Waals surface area (Å²) in [6, 6.07) is 8.59. The maximum Gasteiger partial charge on any atom is 0.0241 e. The van der Waals surface area contributed by atoms with E-state index in [0.717, 1.165) is 6.42 Å². The van der Waals surface area contributed by atoms with Crippen LogP contribution in [0.5, 0.6) is 0 Å². The van der Waals surface area contributed by atoms with E-state index in [2.05, 4.69) is 64.3 Å². The Kier molecular flexibility index (Phi) is 19.8. The molecular formula is C23H38N2. The molecule has 0 aliphatic carbocycles. The highest BCUT2D eigenvalue weighted by atomic mass is 14.5. The molecule has 25 heavy (non-hydrogen) atoms. The van der Waals surface area contributed by atoms with Crippen molar-refractivity contribution in [2.45, 2.75) is 48.0 Å². The van der Waals surface area contributed by atoms with Gasteiger partial charge in [0.1, 0.15) is 0 Å². The summed E-state index contributed by atoms with van der Waals surface area (Å²) in [5.41, 5.74) is 11.3. The largest absolute Gasteiger partial charge is 0.399 e. The molecule has 0 heterocycles. The summed E-state index contributed by atoms with van der Waals surface area (Å²) in [5, 5.41) is 0. The highest BCUT2D eigenvalue weighted by Gasteiger charge is 2.00. The van der Waals surface area contributed by atoms with Gasteiger partial charge in [-0.05, 0) is 50.0 Å². The average molecular weight is 343 g/mol. The lowest BCUT2D eigenvalue weighted by molar-refractivity contribution is 1.14. The molecule has 1 rings (SSSR count). The van der Waals surface area contributed by atoms with Gasteiger partial charge < -0.3 is 11.9 Å². The van der Waals surface area contributed by atoms with Crippen LogP contribution in [0.3, 0.4) is 0 Å². The van der Waals surface area contributed by atoms with E-state index < -0.39 is 0 Å². The summed E-state index contributed by atoms with van der Waals surface area (Å²) < 4.78 is 0. The van der Waals surface area contributed by atoms with Gasteiger partial charge in [-0.1, -0.05) is 88.1 Å². The van der Waals surface area contributed by atoms with Gasteiger partial charge in [-0.2, -0.15) is 0 Å². The van der Waals surface area contributed by atoms with Crippen LogP contribution in [0.2, 0.25) is 0 Å². The summed E-state index contributed by atoms with van der Waals surface area (Å²) in [5.74, 6) is 0. The van der Waals surface area contributed by atoms with Crippen molar-refractivity contribution in [3.8, 4) is 0 Å². The van der Waals surface area contributed by atoms with Gasteiger partial charge >= 0.3 is 0 Å². The first-order chi connectivity index (χ1) is 11.5. The Morgan fingerprint density at radius 3 is 1.96 bits per heavy atom. The molecule has 0 bridgehead atoms. The molecule has 5 N–H and O–H groups in total. The zero-order chi connectivity index (χ0) is 19.0. The third-order valence-electron chi connectivity index (χ3n) is 3.17. The first-order valence-corrected chi connectivity index (χ1v) is 8.59. The Labute approximate surface area is 156 Å². The maximum atomic E-state index is 5.55. The lowest BCUT2D eigenvalue weighted by atomic mass is 9.98. The molecule has 0 saturated heterocycles. The van der Waals surface area contributed by atoms with Gasteiger partial charge in [0.05, 0.1) is 0 Å². The first kappa shape index (κ1) is 27.5. The van der Waals surface area contributed by atoms with Crippen molar-refractivity contribution in [1.29, 1.82) is 0 Å². The van der Waals surface area contributed by atoms with Crippen molar-refractivity contribution in [3.63, 3.8) is 0 Å². The monoisotopic (exact) mass is 342 g/mol. The second-order valence-corrected chi connectivity index (χ2v) is 5.04. The normalized spacial score (nSPS) is 10.6. The van der Waals surface area contributed by atoms with E-state index in [1.807, 2.05) is 39.0 Å². The van der Waals surface area contributed by atoms with Crippen LogP contribution in [0.25, 0.3) is 5.57 Å². The first-order valence-electron chi connectivity index (χ1n) is 8.59. The summed E-state index contributed by atoms with van der Waals surface area (Å²) in [4.78, 5) is 0. The van der Waals surface area contributed by atoms with Crippen LogP contribution in [-0.4, -0.2) is 0 Å². The van der Waals surface area contributed by atoms with E-state index >= 15 is 0 Å². The van der Waals surface area contributed by atoms with Gasteiger partial charge in [-0.3, -0.25) is 0 Å². The molecule has 0 spiro atoms. The van der Waals surface area contributed by atoms with E-state index in [9.17, 15) is 0 Å². The number of nitrogens with two attached hydrogens (primary N) is 1. The number of rotatable bonds is 5. The van der Waals surface area contributed by atoms with E-state index in [4.69, 9.17) is 5.73 Å². The molecule has 1 aromatic carbocycles. The Balaban J connectivity index is -0.000000521. The quantitative estimate of drug-likeness (QED) is 0.558. The van der Waals surface area contributed by atoms with E-state index in [1.54, 1.807) is 6.08 Å². The van der Waals surface area contributed by atoms with Crippen LogP contribution in [0, 0.1) is 6.92 Å². The molecule has 1 aromatic rings. The summed E-state index contributed by atoms with van der Waals surface area (Å²) >= 11 is 0. The van der Waals surface area contributed by atoms with Crippen molar-refractivity contribution in [1.82, 2.24) is 6.15 Å². The van der Waals surface area contributed by atoms with Crippen molar-refractivity contribution < 1.29 is 0 Å². The molecule has 0 aromatic heterocycles. The molecule has 2 heteroatoms. The van der Waals surface area contributed by atoms with Gasteiger partial charge in [0.15, 0.2) is 0 Å². The number of hydrogen-bond donors (Lipinski definition) is 2. The molecule has 0 aliphatic heterocycles. The van der Waals surface area contributed by atoms with Crippen LogP contribution >= 0.6 is 0 Å². The van der Waals surface area contributed by atoms with E-state index in [-0.39, 0.29) is 6.15 Å². The van der Waals surface area contributed by atoms with Crippen molar-refractivity contribution in [3.05, 3.63) is 90.2 Å². The van der Waals surface area contributed by atoms with E-state index in [0.29, 0.717) is 5.70 Å². The second kappa shape index (κ2) is 18.0. The van der Waals surface area contributed by atoms with Crippen LogP contribution < -0.4 is 11.9 Å². The van der Waals surface area contributed by atoms with E-state index in [1.165, 1.54) is 22.3 Å².